The van der Waals surface area contributed by atoms with Gasteiger partial charge in [-0.3, -0.25) is 24.5 Å². The molecule has 0 saturated carbocycles. The highest BCUT2D eigenvalue weighted by Crippen LogP contribution is 2.31. The van der Waals surface area contributed by atoms with E-state index in [1.54, 1.807) is 4.90 Å². The second-order valence-corrected chi connectivity index (χ2v) is 10.7. The number of amides is 3. The fourth-order valence-electron chi connectivity index (χ4n) is 4.66. The molecule has 0 unspecified atom stereocenters. The summed E-state index contributed by atoms with van der Waals surface area (Å²) >= 11 is 0. The summed E-state index contributed by atoms with van der Waals surface area (Å²) in [6, 6.07) is 1.78. The molecule has 2 heterocycles. The average Bonchev–Trinajstić information content (AvgIpc) is 3.14. The number of carbonyl (C=O) groups excluding carboxylic acids is 3. The minimum absolute atomic E-state index is 0.0710. The molecular formula is C25H36F2N4O4. The van der Waals surface area contributed by atoms with Gasteiger partial charge in [-0.05, 0) is 35.1 Å². The van der Waals surface area contributed by atoms with Crippen LogP contribution in [-0.2, 0) is 27.5 Å². The Morgan fingerprint density at radius 2 is 1.77 bits per heavy atom. The van der Waals surface area contributed by atoms with Crippen molar-refractivity contribution in [2.24, 2.45) is 11.3 Å². The topological polar surface area (TPSA) is 93.2 Å². The summed E-state index contributed by atoms with van der Waals surface area (Å²) in [5, 5.41) is 12.9. The molecule has 194 valence electrons. The maximum Gasteiger partial charge on any atom is 0.245 e. The highest BCUT2D eigenvalue weighted by molar-refractivity contribution is 5.89. The van der Waals surface area contributed by atoms with Crippen LogP contribution in [0.1, 0.15) is 58.1 Å². The van der Waals surface area contributed by atoms with Crippen LogP contribution in [0.2, 0.25) is 0 Å². The highest BCUT2D eigenvalue weighted by Gasteiger charge is 2.43. The normalized spacial score (nSPS) is 18.0. The largest absolute Gasteiger partial charge is 0.344 e. The Bertz CT molecular complexity index is 915. The summed E-state index contributed by atoms with van der Waals surface area (Å²) in [5.41, 5.74) is 0.968. The number of rotatable bonds is 10. The van der Waals surface area contributed by atoms with E-state index in [0.717, 1.165) is 24.0 Å². The van der Waals surface area contributed by atoms with Crippen molar-refractivity contribution in [3.05, 3.63) is 34.9 Å². The number of fused-ring (bicyclic) bond motifs is 1. The van der Waals surface area contributed by atoms with Crippen molar-refractivity contribution in [2.45, 2.75) is 72.1 Å². The third-order valence-electron chi connectivity index (χ3n) is 6.89. The van der Waals surface area contributed by atoms with Crippen molar-refractivity contribution in [3.8, 4) is 0 Å². The van der Waals surface area contributed by atoms with Crippen molar-refractivity contribution in [3.63, 3.8) is 0 Å². The zero-order valence-corrected chi connectivity index (χ0v) is 20.9. The van der Waals surface area contributed by atoms with Crippen molar-refractivity contribution in [2.75, 3.05) is 19.6 Å². The van der Waals surface area contributed by atoms with E-state index in [9.17, 15) is 28.4 Å². The molecule has 10 heteroatoms. The summed E-state index contributed by atoms with van der Waals surface area (Å²) in [6.07, 6.45) is 2.35. The van der Waals surface area contributed by atoms with Crippen LogP contribution >= 0.6 is 0 Å². The Kier molecular flexibility index (Phi) is 8.48. The van der Waals surface area contributed by atoms with Crippen LogP contribution in [0, 0.1) is 23.0 Å². The molecule has 0 aliphatic carbocycles. The quantitative estimate of drug-likeness (QED) is 0.296. The van der Waals surface area contributed by atoms with Gasteiger partial charge in [-0.25, -0.2) is 13.8 Å². The first kappa shape index (κ1) is 27.0. The summed E-state index contributed by atoms with van der Waals surface area (Å²) in [4.78, 5) is 41.1. The first-order valence-electron chi connectivity index (χ1n) is 12.1. The predicted octanol–water partition coefficient (Wildman–Crippen LogP) is 2.68. The number of halogens is 2. The first-order chi connectivity index (χ1) is 16.4. The molecule has 1 aromatic rings. The maximum atomic E-state index is 13.6. The van der Waals surface area contributed by atoms with Gasteiger partial charge in [-0.15, -0.1) is 0 Å². The Labute approximate surface area is 205 Å². The summed E-state index contributed by atoms with van der Waals surface area (Å²) in [7, 11) is 0. The zero-order valence-electron chi connectivity index (χ0n) is 20.9. The van der Waals surface area contributed by atoms with Gasteiger partial charge in [0, 0.05) is 32.2 Å². The van der Waals surface area contributed by atoms with Crippen LogP contribution in [0.4, 0.5) is 8.78 Å². The first-order valence-corrected chi connectivity index (χ1v) is 12.1. The Balaban J connectivity index is 1.61. The molecule has 2 N–H and O–H groups in total. The molecule has 2 aliphatic heterocycles. The van der Waals surface area contributed by atoms with E-state index in [0.29, 0.717) is 37.7 Å². The third kappa shape index (κ3) is 6.35. The second-order valence-electron chi connectivity index (χ2n) is 10.7. The number of hydrogen-bond donors (Lipinski definition) is 2. The molecule has 0 radical (unpaired) electrons. The SMILES string of the molecule is CCCC[C@H](CN(O)C=O)C(=O)N[C@H](C(=O)N1CC(N2Cc3cc(F)c(F)cc3C2)C1)C(C)(C)C. The molecule has 3 amide bonds. The standard InChI is InChI=1S/C25H36F2N4O4/c1-5-6-7-16(12-31(35)15-32)23(33)28-22(25(2,3)4)24(34)30-13-19(14-30)29-10-17-8-20(26)21(27)9-18(17)11-29/h8-9,15-16,19,22,35H,5-7,10-14H2,1-4H3,(H,28,33)/t16-,22-/m1/s1. The lowest BCUT2D eigenvalue weighted by Gasteiger charge is -2.46. The van der Waals surface area contributed by atoms with E-state index in [1.807, 2.05) is 27.7 Å². The molecule has 0 bridgehead atoms. The Hall–Kier alpha value is -2.59. The molecule has 2 aliphatic rings. The lowest BCUT2D eigenvalue weighted by molar-refractivity contribution is -0.156. The number of benzene rings is 1. The molecule has 0 aromatic heterocycles. The molecular weight excluding hydrogens is 458 g/mol. The summed E-state index contributed by atoms with van der Waals surface area (Å²) < 4.78 is 27.1. The van der Waals surface area contributed by atoms with E-state index in [-0.39, 0.29) is 30.8 Å². The fraction of sp³-hybridized carbons (Fsp3) is 0.640. The maximum absolute atomic E-state index is 13.6. The number of likely N-dealkylation sites (tertiary alicyclic amines) is 1. The monoisotopic (exact) mass is 494 g/mol. The van der Waals surface area contributed by atoms with E-state index < -0.39 is 29.0 Å². The van der Waals surface area contributed by atoms with Crippen LogP contribution in [0.5, 0.6) is 0 Å². The molecule has 2 atom stereocenters. The lowest BCUT2D eigenvalue weighted by atomic mass is 9.84. The van der Waals surface area contributed by atoms with E-state index in [4.69, 9.17) is 0 Å². The van der Waals surface area contributed by atoms with Crippen LogP contribution < -0.4 is 5.32 Å². The van der Waals surface area contributed by atoms with Gasteiger partial charge in [0.2, 0.25) is 18.2 Å². The average molecular weight is 495 g/mol. The molecule has 35 heavy (non-hydrogen) atoms. The van der Waals surface area contributed by atoms with Gasteiger partial charge >= 0.3 is 0 Å². The number of nitrogens with zero attached hydrogens (tertiary/aromatic N) is 3. The zero-order chi connectivity index (χ0) is 25.9. The van der Waals surface area contributed by atoms with Crippen LogP contribution in [0.25, 0.3) is 0 Å². The van der Waals surface area contributed by atoms with E-state index in [2.05, 4.69) is 10.2 Å². The number of hydrogen-bond acceptors (Lipinski definition) is 5. The van der Waals surface area contributed by atoms with Gasteiger partial charge in [0.25, 0.3) is 0 Å². The van der Waals surface area contributed by atoms with Gasteiger partial charge in [-0.2, -0.15) is 0 Å². The lowest BCUT2D eigenvalue weighted by Crippen LogP contribution is -2.65. The van der Waals surface area contributed by atoms with Gasteiger partial charge in [-0.1, -0.05) is 40.5 Å². The second kappa shape index (κ2) is 11.0. The Morgan fingerprint density at radius 1 is 1.20 bits per heavy atom. The van der Waals surface area contributed by atoms with Crippen LogP contribution in [-0.4, -0.2) is 70.0 Å². The van der Waals surface area contributed by atoms with Gasteiger partial charge < -0.3 is 10.2 Å². The van der Waals surface area contributed by atoms with Crippen molar-refractivity contribution in [1.82, 2.24) is 20.2 Å². The molecule has 0 spiro atoms. The van der Waals surface area contributed by atoms with Crippen molar-refractivity contribution in [1.29, 1.82) is 0 Å². The fourth-order valence-corrected chi connectivity index (χ4v) is 4.66. The van der Waals surface area contributed by atoms with Crippen LogP contribution in [0.15, 0.2) is 12.1 Å². The van der Waals surface area contributed by atoms with Gasteiger partial charge in [0.15, 0.2) is 11.6 Å². The number of nitrogens with one attached hydrogen (secondary N) is 1. The molecule has 1 aromatic carbocycles. The number of unbranched alkanes of at least 4 members (excludes halogenated alkanes) is 1. The van der Waals surface area contributed by atoms with Crippen molar-refractivity contribution >= 4 is 18.2 Å². The molecule has 1 fully saturated rings. The smallest absolute Gasteiger partial charge is 0.245 e. The van der Waals surface area contributed by atoms with E-state index in [1.165, 1.54) is 12.1 Å². The van der Waals surface area contributed by atoms with Crippen LogP contribution in [0.3, 0.4) is 0 Å². The number of hydroxylamine groups is 2. The molecule has 8 nitrogen and oxygen atoms in total. The van der Waals surface area contributed by atoms with Gasteiger partial charge in [0.05, 0.1) is 12.5 Å². The Morgan fingerprint density at radius 3 is 2.26 bits per heavy atom. The minimum atomic E-state index is -0.852. The van der Waals surface area contributed by atoms with Crippen molar-refractivity contribution < 1.29 is 28.4 Å². The molecule has 3 rings (SSSR count). The van der Waals surface area contributed by atoms with Gasteiger partial charge in [0.1, 0.15) is 6.04 Å². The summed E-state index contributed by atoms with van der Waals surface area (Å²) in [6.45, 7) is 9.42. The molecule has 1 saturated heterocycles. The minimum Gasteiger partial charge on any atom is -0.344 e. The third-order valence-corrected chi connectivity index (χ3v) is 6.89. The predicted molar refractivity (Wildman–Crippen MR) is 125 cm³/mol. The highest BCUT2D eigenvalue weighted by atomic mass is 19.2. The number of carbonyl (C=O) groups is 3. The van der Waals surface area contributed by atoms with E-state index >= 15 is 0 Å². The summed E-state index contributed by atoms with van der Waals surface area (Å²) in [5.74, 6) is -2.90.